The fraction of sp³-hybridized carbons (Fsp3) is 0.895. The molecule has 0 aromatic rings. The summed E-state index contributed by atoms with van der Waals surface area (Å²) in [5.74, 6) is -0.212. The van der Waals surface area contributed by atoms with Crippen LogP contribution in [0.1, 0.15) is 89.9 Å². The van der Waals surface area contributed by atoms with E-state index in [4.69, 9.17) is 9.84 Å². The largest absolute Gasteiger partial charge is 0.469 e. The highest BCUT2D eigenvalue weighted by Gasteiger charge is 2.03. The maximum atomic E-state index is 11.5. The third-order valence-corrected chi connectivity index (χ3v) is 4.05. The van der Waals surface area contributed by atoms with Gasteiger partial charge in [0.15, 0.2) is 0 Å². The first kappa shape index (κ1) is 22.9. The van der Waals surface area contributed by atoms with Crippen molar-refractivity contribution in [3.63, 3.8) is 0 Å². The number of aliphatic hydroxyl groups excluding tert-OH is 1. The van der Waals surface area contributed by atoms with Crippen molar-refractivity contribution in [1.82, 2.24) is 0 Å². The number of aliphatic hydroxyl groups is 1. The topological polar surface area (TPSA) is 72.8 Å². The highest BCUT2D eigenvalue weighted by molar-refractivity contribution is 5.69. The van der Waals surface area contributed by atoms with E-state index in [0.29, 0.717) is 19.4 Å². The first-order valence-corrected chi connectivity index (χ1v) is 9.54. The number of hydrogen-bond donors (Lipinski definition) is 1. The van der Waals surface area contributed by atoms with Gasteiger partial charge in [0, 0.05) is 19.4 Å². The Hall–Kier alpha value is -1.10. The van der Waals surface area contributed by atoms with Gasteiger partial charge in [-0.05, 0) is 25.7 Å². The Morgan fingerprint density at radius 1 is 0.667 bits per heavy atom. The van der Waals surface area contributed by atoms with Crippen LogP contribution in [-0.4, -0.2) is 37.4 Å². The molecule has 0 aliphatic carbocycles. The fourth-order valence-corrected chi connectivity index (χ4v) is 2.53. The van der Waals surface area contributed by atoms with Crippen molar-refractivity contribution in [1.29, 1.82) is 0 Å². The maximum absolute atomic E-state index is 11.5. The molecule has 0 aromatic carbocycles. The Morgan fingerprint density at radius 2 is 1.12 bits per heavy atom. The van der Waals surface area contributed by atoms with E-state index in [0.717, 1.165) is 77.0 Å². The Bertz CT molecular complexity index is 304. The third-order valence-electron chi connectivity index (χ3n) is 4.05. The number of unbranched alkanes of at least 4 members (excludes halogenated alkanes) is 10. The molecule has 24 heavy (non-hydrogen) atoms. The molecule has 0 saturated heterocycles. The van der Waals surface area contributed by atoms with Crippen LogP contribution in [0.15, 0.2) is 0 Å². The molecule has 0 bridgehead atoms. The summed E-state index contributed by atoms with van der Waals surface area (Å²) in [5, 5.41) is 8.67. The summed E-state index contributed by atoms with van der Waals surface area (Å²) in [6.07, 6.45) is 13.4. The molecule has 0 fully saturated rings. The molecule has 0 aromatic heterocycles. The van der Waals surface area contributed by atoms with E-state index in [1.807, 2.05) is 0 Å². The third kappa shape index (κ3) is 17.3. The Balaban J connectivity index is 3.19. The molecule has 0 unspecified atom stereocenters. The lowest BCUT2D eigenvalue weighted by Crippen LogP contribution is -2.05. The number of esters is 2. The van der Waals surface area contributed by atoms with Crippen molar-refractivity contribution in [2.24, 2.45) is 0 Å². The second-order valence-electron chi connectivity index (χ2n) is 6.26. The van der Waals surface area contributed by atoms with Gasteiger partial charge in [0.25, 0.3) is 0 Å². The fourth-order valence-electron chi connectivity index (χ4n) is 2.53. The molecule has 0 amide bonds. The number of carbonyl (C=O) groups is 2. The molecule has 0 aliphatic heterocycles. The zero-order valence-electron chi connectivity index (χ0n) is 15.4. The van der Waals surface area contributed by atoms with Crippen LogP contribution >= 0.6 is 0 Å². The Labute approximate surface area is 147 Å². The second kappa shape index (κ2) is 18.2. The van der Waals surface area contributed by atoms with Crippen LogP contribution in [-0.2, 0) is 19.1 Å². The molecule has 0 spiro atoms. The number of carbonyl (C=O) groups excluding carboxylic acids is 2. The van der Waals surface area contributed by atoms with Crippen LogP contribution in [0.25, 0.3) is 0 Å². The van der Waals surface area contributed by atoms with Gasteiger partial charge in [-0.3, -0.25) is 9.59 Å². The molecule has 142 valence electrons. The SMILES string of the molecule is COC(=O)CCCCCCCCOC(=O)CCCCCCCCO. The van der Waals surface area contributed by atoms with Crippen LogP contribution in [0.5, 0.6) is 0 Å². The Kier molecular flexibility index (Phi) is 17.4. The lowest BCUT2D eigenvalue weighted by Gasteiger charge is -2.05. The van der Waals surface area contributed by atoms with Crippen LogP contribution in [0.2, 0.25) is 0 Å². The number of hydrogen-bond acceptors (Lipinski definition) is 5. The van der Waals surface area contributed by atoms with Gasteiger partial charge in [0.05, 0.1) is 13.7 Å². The normalized spacial score (nSPS) is 10.6. The van der Waals surface area contributed by atoms with Crippen LogP contribution < -0.4 is 0 Å². The van der Waals surface area contributed by atoms with E-state index < -0.39 is 0 Å². The molecule has 0 atom stereocenters. The lowest BCUT2D eigenvalue weighted by atomic mass is 10.1. The van der Waals surface area contributed by atoms with Gasteiger partial charge in [0.1, 0.15) is 0 Å². The molecule has 0 aliphatic rings. The summed E-state index contributed by atoms with van der Waals surface area (Å²) in [4.78, 5) is 22.5. The summed E-state index contributed by atoms with van der Waals surface area (Å²) in [6.45, 7) is 0.803. The lowest BCUT2D eigenvalue weighted by molar-refractivity contribution is -0.144. The van der Waals surface area contributed by atoms with E-state index in [-0.39, 0.29) is 18.5 Å². The minimum atomic E-state index is -0.132. The van der Waals surface area contributed by atoms with Crippen molar-refractivity contribution in [3.8, 4) is 0 Å². The molecular formula is C19H36O5. The predicted octanol–water partition coefficient (Wildman–Crippen LogP) is 4.16. The summed E-state index contributed by atoms with van der Waals surface area (Å²) in [6, 6.07) is 0. The highest BCUT2D eigenvalue weighted by Crippen LogP contribution is 2.09. The van der Waals surface area contributed by atoms with Crippen molar-refractivity contribution in [2.75, 3.05) is 20.3 Å². The molecule has 5 heteroatoms. The summed E-state index contributed by atoms with van der Waals surface area (Å²) in [5.41, 5.74) is 0. The number of methoxy groups -OCH3 is 1. The van der Waals surface area contributed by atoms with Crippen molar-refractivity contribution < 1.29 is 24.2 Å². The summed E-state index contributed by atoms with van der Waals surface area (Å²) >= 11 is 0. The summed E-state index contributed by atoms with van der Waals surface area (Å²) in [7, 11) is 1.42. The van der Waals surface area contributed by atoms with Crippen molar-refractivity contribution in [2.45, 2.75) is 89.9 Å². The van der Waals surface area contributed by atoms with Crippen LogP contribution in [0.3, 0.4) is 0 Å². The molecule has 0 saturated carbocycles. The molecule has 0 heterocycles. The highest BCUT2D eigenvalue weighted by atomic mass is 16.5. The van der Waals surface area contributed by atoms with Gasteiger partial charge in [-0.1, -0.05) is 51.4 Å². The van der Waals surface area contributed by atoms with Crippen molar-refractivity contribution >= 4 is 11.9 Å². The standard InChI is InChI=1S/C19H36O5/c1-23-18(21)14-10-6-3-5-9-13-17-24-19(22)15-11-7-2-4-8-12-16-20/h20H,2-17H2,1H3. The van der Waals surface area contributed by atoms with E-state index in [2.05, 4.69) is 4.74 Å². The van der Waals surface area contributed by atoms with E-state index in [1.165, 1.54) is 7.11 Å². The van der Waals surface area contributed by atoms with Gasteiger partial charge in [-0.15, -0.1) is 0 Å². The molecular weight excluding hydrogens is 308 g/mol. The van der Waals surface area contributed by atoms with Crippen molar-refractivity contribution in [3.05, 3.63) is 0 Å². The summed E-state index contributed by atoms with van der Waals surface area (Å²) < 4.78 is 9.82. The van der Waals surface area contributed by atoms with Crippen LogP contribution in [0.4, 0.5) is 0 Å². The minimum Gasteiger partial charge on any atom is -0.469 e. The zero-order chi connectivity index (χ0) is 17.9. The smallest absolute Gasteiger partial charge is 0.305 e. The molecule has 0 rings (SSSR count). The van der Waals surface area contributed by atoms with E-state index in [9.17, 15) is 9.59 Å². The predicted molar refractivity (Wildman–Crippen MR) is 94.7 cm³/mol. The molecule has 1 N–H and O–H groups in total. The first-order chi connectivity index (χ1) is 11.7. The zero-order valence-corrected chi connectivity index (χ0v) is 15.4. The first-order valence-electron chi connectivity index (χ1n) is 9.54. The van der Waals surface area contributed by atoms with E-state index >= 15 is 0 Å². The number of ether oxygens (including phenoxy) is 2. The Morgan fingerprint density at radius 3 is 1.67 bits per heavy atom. The minimum absolute atomic E-state index is 0.0802. The van der Waals surface area contributed by atoms with Crippen LogP contribution in [0, 0.1) is 0 Å². The average molecular weight is 344 g/mol. The molecule has 0 radical (unpaired) electrons. The van der Waals surface area contributed by atoms with Gasteiger partial charge < -0.3 is 14.6 Å². The van der Waals surface area contributed by atoms with Gasteiger partial charge in [0.2, 0.25) is 0 Å². The van der Waals surface area contributed by atoms with Gasteiger partial charge >= 0.3 is 11.9 Å². The quantitative estimate of drug-likeness (QED) is 0.317. The van der Waals surface area contributed by atoms with E-state index in [1.54, 1.807) is 0 Å². The maximum Gasteiger partial charge on any atom is 0.305 e. The van der Waals surface area contributed by atoms with Gasteiger partial charge in [-0.25, -0.2) is 0 Å². The second-order valence-corrected chi connectivity index (χ2v) is 6.26. The monoisotopic (exact) mass is 344 g/mol. The molecule has 5 nitrogen and oxygen atoms in total. The number of rotatable bonds is 17. The average Bonchev–Trinajstić information content (AvgIpc) is 2.59. The van der Waals surface area contributed by atoms with Gasteiger partial charge in [-0.2, -0.15) is 0 Å².